The van der Waals surface area contributed by atoms with Crippen molar-refractivity contribution in [3.63, 3.8) is 0 Å². The topological polar surface area (TPSA) is 83.3 Å². The Kier molecular flexibility index (Phi) is 3.57. The second-order valence-electron chi connectivity index (χ2n) is 2.00. The first kappa shape index (κ1) is 10.8. The highest BCUT2D eigenvalue weighted by Crippen LogP contribution is 2.21. The summed E-state index contributed by atoms with van der Waals surface area (Å²) >= 11 is 8.48. The van der Waals surface area contributed by atoms with Crippen LogP contribution in [-0.2, 0) is 11.1 Å². The van der Waals surface area contributed by atoms with Gasteiger partial charge in [0.05, 0.1) is 6.20 Å². The molecular formula is C5H4Cl2N2O3S. The molecule has 0 aliphatic carbocycles. The Labute approximate surface area is 86.0 Å². The minimum Gasteiger partial charge on any atom is -0.372 e. The number of hydrogen-bond donors (Lipinski definition) is 2. The molecule has 0 bridgehead atoms. The van der Waals surface area contributed by atoms with E-state index in [-0.39, 0.29) is 16.0 Å². The number of aromatic nitrogens is 2. The van der Waals surface area contributed by atoms with Crippen LogP contribution in [0.15, 0.2) is 6.20 Å². The normalized spacial score (nSPS) is 15.4. The Balaban J connectivity index is 3.08. The van der Waals surface area contributed by atoms with Gasteiger partial charge in [-0.25, -0.2) is 9.19 Å². The van der Waals surface area contributed by atoms with E-state index >= 15 is 0 Å². The van der Waals surface area contributed by atoms with Crippen LogP contribution in [0.2, 0.25) is 10.3 Å². The Bertz CT molecular complexity index is 349. The Morgan fingerprint density at radius 3 is 2.62 bits per heavy atom. The number of rotatable bonds is 2. The summed E-state index contributed by atoms with van der Waals surface area (Å²) < 4.78 is 19.0. The first-order valence-corrected chi connectivity index (χ1v) is 4.90. The van der Waals surface area contributed by atoms with Crippen molar-refractivity contribution in [3.05, 3.63) is 22.2 Å². The lowest BCUT2D eigenvalue weighted by molar-refractivity contribution is 0.246. The van der Waals surface area contributed by atoms with Crippen LogP contribution in [0.5, 0.6) is 0 Å². The largest absolute Gasteiger partial charge is 0.372 e. The quantitative estimate of drug-likeness (QED) is 0.757. The van der Waals surface area contributed by atoms with Gasteiger partial charge in [-0.1, -0.05) is 23.2 Å². The van der Waals surface area contributed by atoms with Gasteiger partial charge in [-0.2, -0.15) is 0 Å². The molecule has 0 radical (unpaired) electrons. The van der Waals surface area contributed by atoms with Gasteiger partial charge in [0.15, 0.2) is 21.7 Å². The molecule has 0 spiro atoms. The first-order valence-electron chi connectivity index (χ1n) is 2.98. The minimum absolute atomic E-state index is 0.0460. The molecule has 0 saturated heterocycles. The van der Waals surface area contributed by atoms with Crippen LogP contribution in [0.1, 0.15) is 11.1 Å². The van der Waals surface area contributed by atoms with Crippen LogP contribution >= 0.6 is 23.2 Å². The Morgan fingerprint density at radius 1 is 1.54 bits per heavy atom. The molecule has 5 nitrogen and oxygen atoms in total. The molecule has 8 heteroatoms. The van der Waals surface area contributed by atoms with Crippen molar-refractivity contribution in [2.45, 2.75) is 5.44 Å². The summed E-state index contributed by atoms with van der Waals surface area (Å²) in [7, 11) is 0. The molecule has 1 aromatic heterocycles. The van der Waals surface area contributed by atoms with Gasteiger partial charge in [0.25, 0.3) is 0 Å². The van der Waals surface area contributed by atoms with E-state index in [1.54, 1.807) is 0 Å². The lowest BCUT2D eigenvalue weighted by Gasteiger charge is -2.05. The number of aliphatic hydroxyl groups excluding tert-OH is 1. The van der Waals surface area contributed by atoms with E-state index in [4.69, 9.17) is 32.9 Å². The minimum atomic E-state index is -2.45. The van der Waals surface area contributed by atoms with Gasteiger partial charge < -0.3 is 9.66 Å². The fraction of sp³-hybridized carbons (Fsp3) is 0.200. The third kappa shape index (κ3) is 2.58. The van der Waals surface area contributed by atoms with Gasteiger partial charge >= 0.3 is 0 Å². The van der Waals surface area contributed by atoms with Gasteiger partial charge in [0, 0.05) is 0 Å². The molecule has 0 aliphatic rings. The van der Waals surface area contributed by atoms with Gasteiger partial charge in [-0.05, 0) is 0 Å². The van der Waals surface area contributed by atoms with Crippen LogP contribution < -0.4 is 0 Å². The third-order valence-corrected chi connectivity index (χ3v) is 2.22. The van der Waals surface area contributed by atoms with E-state index in [2.05, 4.69) is 9.97 Å². The highest BCUT2D eigenvalue weighted by Gasteiger charge is 2.19. The van der Waals surface area contributed by atoms with E-state index in [0.717, 1.165) is 6.20 Å². The first-order chi connectivity index (χ1) is 6.02. The standard InChI is InChI=1S/C5H4Cl2N2O3S/c6-2-1-8-3(4(7)9-2)5(10)13(11)12/h1,5,10H,(H,11,12). The molecule has 0 aromatic carbocycles. The molecule has 2 N–H and O–H groups in total. The molecule has 2 atom stereocenters. The summed E-state index contributed by atoms with van der Waals surface area (Å²) in [5.74, 6) is 0. The predicted octanol–water partition coefficient (Wildman–Crippen LogP) is 0.996. The second-order valence-corrected chi connectivity index (χ2v) is 3.74. The van der Waals surface area contributed by atoms with Gasteiger partial charge in [0.1, 0.15) is 10.8 Å². The Morgan fingerprint density at radius 2 is 2.15 bits per heavy atom. The zero-order chi connectivity index (χ0) is 10.0. The van der Waals surface area contributed by atoms with Gasteiger partial charge in [-0.3, -0.25) is 4.98 Å². The number of hydrogen-bond acceptors (Lipinski definition) is 4. The molecule has 1 rings (SSSR count). The monoisotopic (exact) mass is 242 g/mol. The SMILES string of the molecule is O=S(O)C(O)c1ncc(Cl)nc1Cl. The second kappa shape index (κ2) is 4.30. The molecule has 2 unspecified atom stereocenters. The number of aliphatic hydroxyl groups is 1. The molecular weight excluding hydrogens is 239 g/mol. The van der Waals surface area contributed by atoms with Crippen molar-refractivity contribution in [3.8, 4) is 0 Å². The van der Waals surface area contributed by atoms with Crippen LogP contribution in [0, 0.1) is 0 Å². The number of halogens is 2. The van der Waals surface area contributed by atoms with Crippen molar-refractivity contribution in [2.75, 3.05) is 0 Å². The highest BCUT2D eigenvalue weighted by atomic mass is 35.5. The molecule has 1 heterocycles. The average molecular weight is 243 g/mol. The predicted molar refractivity (Wildman–Crippen MR) is 47.8 cm³/mol. The van der Waals surface area contributed by atoms with E-state index in [0.29, 0.717) is 0 Å². The van der Waals surface area contributed by atoms with Gasteiger partial charge in [0.2, 0.25) is 0 Å². The van der Waals surface area contributed by atoms with Crippen LogP contribution in [0.4, 0.5) is 0 Å². The highest BCUT2D eigenvalue weighted by molar-refractivity contribution is 7.79. The lowest BCUT2D eigenvalue weighted by atomic mass is 10.5. The summed E-state index contributed by atoms with van der Waals surface area (Å²) in [5.41, 5.74) is -1.84. The zero-order valence-electron chi connectivity index (χ0n) is 6.02. The summed E-state index contributed by atoms with van der Waals surface area (Å²) in [6.45, 7) is 0. The lowest BCUT2D eigenvalue weighted by Crippen LogP contribution is -2.08. The molecule has 1 aromatic rings. The molecule has 13 heavy (non-hydrogen) atoms. The van der Waals surface area contributed by atoms with Crippen molar-refractivity contribution in [2.24, 2.45) is 0 Å². The number of nitrogens with zero attached hydrogens (tertiary/aromatic N) is 2. The molecule has 0 fully saturated rings. The maximum Gasteiger partial charge on any atom is 0.200 e. The molecule has 72 valence electrons. The van der Waals surface area contributed by atoms with Gasteiger partial charge in [-0.15, -0.1) is 0 Å². The maximum absolute atomic E-state index is 10.4. The van der Waals surface area contributed by atoms with Crippen molar-refractivity contribution in [1.82, 2.24) is 9.97 Å². The third-order valence-electron chi connectivity index (χ3n) is 1.15. The van der Waals surface area contributed by atoms with E-state index in [1.165, 1.54) is 0 Å². The summed E-state index contributed by atoms with van der Waals surface area (Å²) in [4.78, 5) is 7.11. The smallest absolute Gasteiger partial charge is 0.200 e. The van der Waals surface area contributed by atoms with E-state index in [1.807, 2.05) is 0 Å². The van der Waals surface area contributed by atoms with Crippen molar-refractivity contribution < 1.29 is 13.9 Å². The fourth-order valence-electron chi connectivity index (χ4n) is 0.617. The summed E-state index contributed by atoms with van der Waals surface area (Å²) in [6.07, 6.45) is 1.12. The van der Waals surface area contributed by atoms with E-state index < -0.39 is 16.5 Å². The fourth-order valence-corrected chi connectivity index (χ4v) is 1.47. The molecule has 0 aliphatic heterocycles. The van der Waals surface area contributed by atoms with Crippen LogP contribution in [0.25, 0.3) is 0 Å². The Hall–Kier alpha value is -0.270. The van der Waals surface area contributed by atoms with Crippen LogP contribution in [-0.4, -0.2) is 23.8 Å². The van der Waals surface area contributed by atoms with Crippen molar-refractivity contribution >= 4 is 34.3 Å². The van der Waals surface area contributed by atoms with Crippen LogP contribution in [0.3, 0.4) is 0 Å². The summed E-state index contributed by atoms with van der Waals surface area (Å²) in [5, 5.41) is 8.94. The zero-order valence-corrected chi connectivity index (χ0v) is 8.34. The summed E-state index contributed by atoms with van der Waals surface area (Å²) in [6, 6.07) is 0. The average Bonchev–Trinajstić information content (AvgIpc) is 2.03. The maximum atomic E-state index is 10.4. The van der Waals surface area contributed by atoms with E-state index in [9.17, 15) is 4.21 Å². The molecule has 0 amide bonds. The van der Waals surface area contributed by atoms with Crippen molar-refractivity contribution in [1.29, 1.82) is 0 Å². The molecule has 0 saturated carbocycles.